The molecule has 3 aromatic rings. The van der Waals surface area contributed by atoms with Crippen LogP contribution in [0.25, 0.3) is 0 Å². The van der Waals surface area contributed by atoms with Crippen LogP contribution in [0.5, 0.6) is 0 Å². The van der Waals surface area contributed by atoms with E-state index in [-0.39, 0.29) is 19.2 Å². The molecule has 3 aromatic carbocycles. The number of aliphatic hydroxyl groups excluding tert-OH is 1. The van der Waals surface area contributed by atoms with E-state index < -0.39 is 27.2 Å². The summed E-state index contributed by atoms with van der Waals surface area (Å²) in [6.45, 7) is 3.45. The number of rotatable bonds is 21. The molecule has 0 fully saturated rings. The largest absolute Gasteiger partial charge is 0.463 e. The van der Waals surface area contributed by atoms with Crippen molar-refractivity contribution in [1.29, 1.82) is 0 Å². The van der Waals surface area contributed by atoms with Gasteiger partial charge in [0.05, 0.1) is 6.61 Å². The van der Waals surface area contributed by atoms with Gasteiger partial charge in [0.2, 0.25) is 3.79 Å². The van der Waals surface area contributed by atoms with Crippen molar-refractivity contribution >= 4 is 46.9 Å². The highest BCUT2D eigenvalue weighted by Crippen LogP contribution is 2.41. The van der Waals surface area contributed by atoms with Crippen LogP contribution >= 0.6 is 34.8 Å². The van der Waals surface area contributed by atoms with Crippen LogP contribution in [-0.4, -0.2) is 52.4 Å². The molecule has 0 heterocycles. The molecule has 1 amide bonds. The van der Waals surface area contributed by atoms with Crippen molar-refractivity contribution in [1.82, 2.24) is 5.32 Å². The zero-order valence-electron chi connectivity index (χ0n) is 28.6. The number of hydrogen-bond acceptors (Lipinski definition) is 6. The Labute approximate surface area is 306 Å². The van der Waals surface area contributed by atoms with Crippen LogP contribution in [0.15, 0.2) is 91.0 Å². The van der Waals surface area contributed by atoms with Crippen molar-refractivity contribution in [2.45, 2.75) is 99.2 Å². The minimum Gasteiger partial charge on any atom is -0.463 e. The smallest absolute Gasteiger partial charge is 0.407 e. The average molecular weight is 735 g/mol. The number of esters is 1. The second-order valence-corrected chi connectivity index (χ2v) is 15.0. The zero-order valence-corrected chi connectivity index (χ0v) is 30.8. The first-order chi connectivity index (χ1) is 23.5. The lowest BCUT2D eigenvalue weighted by molar-refractivity contribution is -0.149. The summed E-state index contributed by atoms with van der Waals surface area (Å²) in [7, 11) is 0. The van der Waals surface area contributed by atoms with E-state index in [1.807, 2.05) is 91.0 Å². The summed E-state index contributed by atoms with van der Waals surface area (Å²) in [5, 5.41) is 13.5. The number of carbonyl (C=O) groups excluding carboxylic acids is 2. The Kier molecular flexibility index (Phi) is 17.2. The minimum atomic E-state index is -1.71. The number of hydrogen-bond donors (Lipinski definition) is 2. The molecule has 0 saturated carbocycles. The molecule has 0 aromatic heterocycles. The molecular weight excluding hydrogens is 685 g/mol. The van der Waals surface area contributed by atoms with Crippen molar-refractivity contribution < 1.29 is 28.9 Å². The third kappa shape index (κ3) is 13.4. The van der Waals surface area contributed by atoms with E-state index in [2.05, 4.69) is 5.32 Å². The number of alkyl carbamates (subject to hydrolysis) is 1. The van der Waals surface area contributed by atoms with E-state index in [1.54, 1.807) is 13.8 Å². The molecule has 7 nitrogen and oxygen atoms in total. The van der Waals surface area contributed by atoms with Gasteiger partial charge in [-0.15, -0.1) is 0 Å². The van der Waals surface area contributed by atoms with Gasteiger partial charge in [0, 0.05) is 13.0 Å². The third-order valence-electron chi connectivity index (χ3n) is 8.33. The van der Waals surface area contributed by atoms with Gasteiger partial charge >= 0.3 is 12.1 Å². The fourth-order valence-electron chi connectivity index (χ4n) is 5.45. The lowest BCUT2D eigenvalue weighted by Gasteiger charge is -2.36. The van der Waals surface area contributed by atoms with E-state index in [0.717, 1.165) is 74.5 Å². The molecule has 0 spiro atoms. The first-order valence-corrected chi connectivity index (χ1v) is 18.3. The van der Waals surface area contributed by atoms with Gasteiger partial charge in [0.25, 0.3) is 0 Å². The molecule has 0 aliphatic heterocycles. The van der Waals surface area contributed by atoms with Crippen LogP contribution < -0.4 is 5.32 Å². The number of halogens is 3. The molecule has 0 radical (unpaired) electrons. The summed E-state index contributed by atoms with van der Waals surface area (Å²) >= 11 is 17.5. The first-order valence-electron chi connectivity index (χ1n) is 17.1. The summed E-state index contributed by atoms with van der Waals surface area (Å²) in [5.74, 6) is -0.312. The maximum absolute atomic E-state index is 12.4. The molecule has 0 bridgehead atoms. The van der Waals surface area contributed by atoms with Crippen LogP contribution in [0, 0.1) is 0 Å². The summed E-state index contributed by atoms with van der Waals surface area (Å²) in [6, 6.07) is 29.9. The SMILES string of the molecule is CC(C)(OC(=O)NCCCCCCCCCCCC(=O)OC[C@H](O)COC(c1ccccc1)(c1ccccc1)c1ccccc1)C(Cl)(Cl)Cl. The number of aliphatic hydroxyl groups is 1. The fourth-order valence-corrected chi connectivity index (χ4v) is 5.56. The summed E-state index contributed by atoms with van der Waals surface area (Å²) < 4.78 is 15.5. The average Bonchev–Trinajstić information content (AvgIpc) is 3.09. The number of nitrogens with one attached hydrogen (secondary N) is 1. The van der Waals surface area contributed by atoms with E-state index in [4.69, 9.17) is 49.0 Å². The topological polar surface area (TPSA) is 94.1 Å². The molecule has 0 saturated heterocycles. The Balaban J connectivity index is 1.29. The molecular formula is C39H50Cl3NO6. The molecule has 0 aliphatic carbocycles. The van der Waals surface area contributed by atoms with E-state index >= 15 is 0 Å². The van der Waals surface area contributed by atoms with E-state index in [0.29, 0.717) is 13.0 Å². The monoisotopic (exact) mass is 733 g/mol. The fraction of sp³-hybridized carbons (Fsp3) is 0.487. The molecule has 3 rings (SSSR count). The Morgan fingerprint density at radius 1 is 0.673 bits per heavy atom. The predicted octanol–water partition coefficient (Wildman–Crippen LogP) is 9.68. The van der Waals surface area contributed by atoms with Gasteiger partial charge in [0.1, 0.15) is 18.3 Å². The van der Waals surface area contributed by atoms with Crippen molar-refractivity contribution in [2.75, 3.05) is 19.8 Å². The number of carbonyl (C=O) groups is 2. The van der Waals surface area contributed by atoms with Gasteiger partial charge < -0.3 is 24.6 Å². The lowest BCUT2D eigenvalue weighted by atomic mass is 9.80. The normalized spacial score (nSPS) is 12.7. The summed E-state index contributed by atoms with van der Waals surface area (Å²) in [4.78, 5) is 24.3. The number of unbranched alkanes of at least 4 members (excludes halogenated alkanes) is 8. The van der Waals surface area contributed by atoms with Crippen molar-refractivity contribution in [3.8, 4) is 0 Å². The Bertz CT molecular complexity index is 1270. The van der Waals surface area contributed by atoms with Crippen LogP contribution in [0.1, 0.15) is 94.7 Å². The van der Waals surface area contributed by atoms with E-state index in [1.165, 1.54) is 0 Å². The summed E-state index contributed by atoms with van der Waals surface area (Å²) in [6.07, 6.45) is 7.77. The molecule has 1 atom stereocenters. The first kappa shape index (κ1) is 40.6. The van der Waals surface area contributed by atoms with Crippen LogP contribution in [0.3, 0.4) is 0 Å². The van der Waals surface area contributed by atoms with Crippen LogP contribution in [0.4, 0.5) is 4.79 Å². The second-order valence-electron chi connectivity index (χ2n) is 12.7. The quantitative estimate of drug-likeness (QED) is 0.0490. The molecule has 0 unspecified atom stereocenters. The molecule has 0 aliphatic rings. The van der Waals surface area contributed by atoms with E-state index in [9.17, 15) is 14.7 Å². The zero-order chi connectivity index (χ0) is 35.6. The second kappa shape index (κ2) is 20.8. The maximum Gasteiger partial charge on any atom is 0.407 e. The maximum atomic E-state index is 12.4. The summed E-state index contributed by atoms with van der Waals surface area (Å²) in [5.41, 5.74) is 0.631. The number of alkyl halides is 3. The standard InChI is InChI=1S/C39H50Cl3NO6/c1-37(2,39(40,41)42)49-36(46)43-28-20-9-7-5-3-4-6-8-19-27-35(45)47-29-34(44)30-48-38(31-21-13-10-14-22-31,32-23-15-11-16-24-32)33-25-17-12-18-26-33/h10-18,21-26,34,44H,3-9,19-20,27-30H2,1-2H3,(H,43,46)/t34-/m0/s1. The highest BCUT2D eigenvalue weighted by molar-refractivity contribution is 6.68. The number of amides is 1. The predicted molar refractivity (Wildman–Crippen MR) is 197 cm³/mol. The number of ether oxygens (including phenoxy) is 3. The Morgan fingerprint density at radius 3 is 1.55 bits per heavy atom. The van der Waals surface area contributed by atoms with Gasteiger partial charge in [-0.3, -0.25) is 4.79 Å². The van der Waals surface area contributed by atoms with Crippen molar-refractivity contribution in [2.24, 2.45) is 0 Å². The van der Waals surface area contributed by atoms with Gasteiger partial charge in [-0.1, -0.05) is 171 Å². The van der Waals surface area contributed by atoms with Crippen LogP contribution in [0.2, 0.25) is 0 Å². The van der Waals surface area contributed by atoms with Crippen molar-refractivity contribution in [3.05, 3.63) is 108 Å². The Hall–Kier alpha value is -2.81. The molecule has 2 N–H and O–H groups in total. The third-order valence-corrected chi connectivity index (χ3v) is 9.69. The Morgan fingerprint density at radius 2 is 1.10 bits per heavy atom. The molecule has 268 valence electrons. The highest BCUT2D eigenvalue weighted by Gasteiger charge is 2.44. The van der Waals surface area contributed by atoms with Gasteiger partial charge in [0.15, 0.2) is 5.60 Å². The lowest BCUT2D eigenvalue weighted by Crippen LogP contribution is -2.44. The molecule has 49 heavy (non-hydrogen) atoms. The number of benzene rings is 3. The highest BCUT2D eigenvalue weighted by atomic mass is 35.6. The van der Waals surface area contributed by atoms with Gasteiger partial charge in [-0.25, -0.2) is 4.79 Å². The van der Waals surface area contributed by atoms with Crippen LogP contribution in [-0.2, 0) is 24.6 Å². The van der Waals surface area contributed by atoms with Gasteiger partial charge in [-0.2, -0.15) is 0 Å². The molecule has 10 heteroatoms. The van der Waals surface area contributed by atoms with Gasteiger partial charge in [-0.05, 0) is 43.4 Å². The minimum absolute atomic E-state index is 0.0222. The van der Waals surface area contributed by atoms with Crippen molar-refractivity contribution in [3.63, 3.8) is 0 Å².